The summed E-state index contributed by atoms with van der Waals surface area (Å²) >= 11 is 0. The minimum absolute atomic E-state index is 0.215. The van der Waals surface area contributed by atoms with E-state index in [1.165, 1.54) is 0 Å². The van der Waals surface area contributed by atoms with E-state index in [1.807, 2.05) is 18.2 Å². The van der Waals surface area contributed by atoms with Crippen LogP contribution in [-0.2, 0) is 6.54 Å². The van der Waals surface area contributed by atoms with E-state index in [9.17, 15) is 0 Å². The number of hydrogen-bond donors (Lipinski definition) is 1. The van der Waals surface area contributed by atoms with Gasteiger partial charge in [-0.25, -0.2) is 0 Å². The fourth-order valence-corrected chi connectivity index (χ4v) is 1.99. The van der Waals surface area contributed by atoms with Crippen molar-refractivity contribution in [1.29, 1.82) is 0 Å². The summed E-state index contributed by atoms with van der Waals surface area (Å²) in [4.78, 5) is 4.70. The molecule has 1 heterocycles. The van der Waals surface area contributed by atoms with Crippen LogP contribution in [0.2, 0.25) is 0 Å². The number of benzene rings is 1. The van der Waals surface area contributed by atoms with Gasteiger partial charge in [0, 0.05) is 24.0 Å². The lowest BCUT2D eigenvalue weighted by Gasteiger charge is -2.16. The molecule has 1 unspecified atom stereocenters. The van der Waals surface area contributed by atoms with Crippen molar-refractivity contribution in [3.05, 3.63) is 36.0 Å². The molecular weight excluding hydrogens is 248 g/mol. The second-order valence-corrected chi connectivity index (χ2v) is 5.50. The molecule has 1 atom stereocenters. The molecule has 3 nitrogen and oxygen atoms in total. The molecule has 3 heteroatoms. The molecule has 2 rings (SSSR count). The Balaban J connectivity index is 2.35. The molecule has 0 fully saturated rings. The number of pyridine rings is 1. The zero-order valence-electron chi connectivity index (χ0n) is 12.8. The quantitative estimate of drug-likeness (QED) is 0.865. The van der Waals surface area contributed by atoms with E-state index in [4.69, 9.17) is 9.72 Å². The summed E-state index contributed by atoms with van der Waals surface area (Å²) in [7, 11) is 0. The molecular formula is C17H24N2O. The third-order valence-corrected chi connectivity index (χ3v) is 3.33. The summed E-state index contributed by atoms with van der Waals surface area (Å²) in [5.41, 5.74) is 2.02. The summed E-state index contributed by atoms with van der Waals surface area (Å²) in [5, 5.41) is 4.49. The lowest BCUT2D eigenvalue weighted by Crippen LogP contribution is -2.22. The average Bonchev–Trinajstić information content (AvgIpc) is 2.45. The van der Waals surface area contributed by atoms with Crippen LogP contribution >= 0.6 is 0 Å². The number of fused-ring (bicyclic) bond motifs is 1. The van der Waals surface area contributed by atoms with Gasteiger partial charge in [0.2, 0.25) is 0 Å². The van der Waals surface area contributed by atoms with E-state index in [1.54, 1.807) is 0 Å². The van der Waals surface area contributed by atoms with Gasteiger partial charge in [-0.3, -0.25) is 4.98 Å². The van der Waals surface area contributed by atoms with E-state index in [2.05, 4.69) is 45.1 Å². The van der Waals surface area contributed by atoms with Gasteiger partial charge in [-0.2, -0.15) is 0 Å². The van der Waals surface area contributed by atoms with E-state index >= 15 is 0 Å². The maximum atomic E-state index is 6.06. The topological polar surface area (TPSA) is 34.1 Å². The highest BCUT2D eigenvalue weighted by Crippen LogP contribution is 2.26. The van der Waals surface area contributed by atoms with Gasteiger partial charge < -0.3 is 10.1 Å². The molecule has 0 radical (unpaired) electrons. The van der Waals surface area contributed by atoms with Crippen LogP contribution in [0.4, 0.5) is 0 Å². The van der Waals surface area contributed by atoms with Gasteiger partial charge in [0.1, 0.15) is 5.75 Å². The van der Waals surface area contributed by atoms with Crippen molar-refractivity contribution in [3.8, 4) is 5.75 Å². The van der Waals surface area contributed by atoms with Gasteiger partial charge in [0.05, 0.1) is 17.3 Å². The lowest BCUT2D eigenvalue weighted by atomic mass is 10.1. The van der Waals surface area contributed by atoms with Gasteiger partial charge >= 0.3 is 0 Å². The fourth-order valence-electron chi connectivity index (χ4n) is 1.99. The molecule has 0 bridgehead atoms. The smallest absolute Gasteiger partial charge is 0.130 e. The number of aromatic nitrogens is 1. The first kappa shape index (κ1) is 14.8. The molecule has 2 aromatic rings. The largest absolute Gasteiger partial charge is 0.490 e. The summed E-state index contributed by atoms with van der Waals surface area (Å²) in [6, 6.07) is 10.7. The summed E-state index contributed by atoms with van der Waals surface area (Å²) in [5.74, 6) is 0.936. The number of ether oxygens (including phenoxy) is 1. The normalized spacial score (nSPS) is 12.8. The van der Waals surface area contributed by atoms with Crippen LogP contribution in [0.3, 0.4) is 0 Å². The van der Waals surface area contributed by atoms with Crippen LogP contribution in [0.25, 0.3) is 10.9 Å². The minimum atomic E-state index is 0.215. The van der Waals surface area contributed by atoms with Crippen molar-refractivity contribution in [2.45, 2.75) is 52.8 Å². The van der Waals surface area contributed by atoms with Crippen molar-refractivity contribution >= 4 is 10.9 Å². The molecule has 0 aliphatic rings. The van der Waals surface area contributed by atoms with E-state index in [0.717, 1.165) is 35.3 Å². The third-order valence-electron chi connectivity index (χ3n) is 3.33. The maximum absolute atomic E-state index is 6.06. The molecule has 0 saturated heterocycles. The van der Waals surface area contributed by atoms with Crippen molar-refractivity contribution < 1.29 is 4.74 Å². The molecule has 1 aromatic carbocycles. The predicted molar refractivity (Wildman–Crippen MR) is 84.1 cm³/mol. The highest BCUT2D eigenvalue weighted by atomic mass is 16.5. The molecule has 1 N–H and O–H groups in total. The van der Waals surface area contributed by atoms with E-state index in [0.29, 0.717) is 6.04 Å². The Morgan fingerprint density at radius 2 is 1.95 bits per heavy atom. The Bertz CT molecular complexity index is 566. The van der Waals surface area contributed by atoms with Crippen molar-refractivity contribution in [2.24, 2.45) is 0 Å². The Morgan fingerprint density at radius 1 is 1.20 bits per heavy atom. The first-order chi connectivity index (χ1) is 9.60. The Labute approximate surface area is 121 Å². The van der Waals surface area contributed by atoms with Crippen LogP contribution < -0.4 is 10.1 Å². The van der Waals surface area contributed by atoms with Crippen LogP contribution in [0.1, 0.15) is 39.8 Å². The number of nitrogens with one attached hydrogen (secondary N) is 1. The molecule has 20 heavy (non-hydrogen) atoms. The van der Waals surface area contributed by atoms with E-state index < -0.39 is 0 Å². The second-order valence-electron chi connectivity index (χ2n) is 5.50. The van der Waals surface area contributed by atoms with E-state index in [-0.39, 0.29) is 6.10 Å². The standard InChI is InChI=1S/C17H24N2O/c1-5-13(4)20-17-10-14(11-18-12(2)3)19-16-9-7-6-8-15(16)17/h6-10,12-13,18H,5,11H2,1-4H3. The first-order valence-corrected chi connectivity index (χ1v) is 7.38. The highest BCUT2D eigenvalue weighted by Gasteiger charge is 2.09. The van der Waals surface area contributed by atoms with Crippen molar-refractivity contribution in [2.75, 3.05) is 0 Å². The zero-order chi connectivity index (χ0) is 14.5. The third kappa shape index (κ3) is 3.70. The molecule has 0 aliphatic heterocycles. The number of hydrogen-bond acceptors (Lipinski definition) is 3. The molecule has 108 valence electrons. The van der Waals surface area contributed by atoms with Crippen LogP contribution in [0.15, 0.2) is 30.3 Å². The number of para-hydroxylation sites is 1. The molecule has 0 saturated carbocycles. The van der Waals surface area contributed by atoms with Gasteiger partial charge in [-0.05, 0) is 25.5 Å². The fraction of sp³-hybridized carbons (Fsp3) is 0.471. The Kier molecular flexibility index (Phi) is 4.96. The Morgan fingerprint density at radius 3 is 2.65 bits per heavy atom. The van der Waals surface area contributed by atoms with Gasteiger partial charge in [-0.1, -0.05) is 32.9 Å². The maximum Gasteiger partial charge on any atom is 0.130 e. The van der Waals surface area contributed by atoms with Crippen LogP contribution in [0.5, 0.6) is 5.75 Å². The monoisotopic (exact) mass is 272 g/mol. The second kappa shape index (κ2) is 6.71. The predicted octanol–water partition coefficient (Wildman–Crippen LogP) is 3.91. The first-order valence-electron chi connectivity index (χ1n) is 7.38. The summed E-state index contributed by atoms with van der Waals surface area (Å²) in [6.07, 6.45) is 1.21. The Hall–Kier alpha value is -1.61. The van der Waals surface area contributed by atoms with Crippen LogP contribution in [0, 0.1) is 0 Å². The number of nitrogens with zero attached hydrogens (tertiary/aromatic N) is 1. The summed E-state index contributed by atoms with van der Waals surface area (Å²) < 4.78 is 6.06. The van der Waals surface area contributed by atoms with Crippen LogP contribution in [-0.4, -0.2) is 17.1 Å². The molecule has 1 aromatic heterocycles. The van der Waals surface area contributed by atoms with Crippen molar-refractivity contribution in [1.82, 2.24) is 10.3 Å². The van der Waals surface area contributed by atoms with Crippen molar-refractivity contribution in [3.63, 3.8) is 0 Å². The summed E-state index contributed by atoms with van der Waals surface area (Å²) in [6.45, 7) is 9.27. The minimum Gasteiger partial charge on any atom is -0.490 e. The lowest BCUT2D eigenvalue weighted by molar-refractivity contribution is 0.220. The molecule has 0 amide bonds. The zero-order valence-corrected chi connectivity index (χ0v) is 12.8. The van der Waals surface area contributed by atoms with Gasteiger partial charge in [0.15, 0.2) is 0 Å². The SMILES string of the molecule is CCC(C)Oc1cc(CNC(C)C)nc2ccccc12. The van der Waals surface area contributed by atoms with Gasteiger partial charge in [0.25, 0.3) is 0 Å². The average molecular weight is 272 g/mol. The van der Waals surface area contributed by atoms with Gasteiger partial charge in [-0.15, -0.1) is 0 Å². The molecule has 0 spiro atoms. The molecule has 0 aliphatic carbocycles. The number of rotatable bonds is 6. The highest BCUT2D eigenvalue weighted by molar-refractivity contribution is 5.85.